The highest BCUT2D eigenvalue weighted by molar-refractivity contribution is 5.90. The molecule has 0 radical (unpaired) electrons. The van der Waals surface area contributed by atoms with E-state index >= 15 is 0 Å². The van der Waals surface area contributed by atoms with Crippen molar-refractivity contribution in [3.63, 3.8) is 0 Å². The molecule has 0 spiro atoms. The second-order valence-electron chi connectivity index (χ2n) is 6.97. The van der Waals surface area contributed by atoms with E-state index in [1.54, 1.807) is 0 Å². The van der Waals surface area contributed by atoms with Gasteiger partial charge in [0.1, 0.15) is 5.84 Å². The van der Waals surface area contributed by atoms with E-state index in [0.717, 1.165) is 32.1 Å². The van der Waals surface area contributed by atoms with Crippen LogP contribution in [0.5, 0.6) is 0 Å². The molecular weight excluding hydrogens is 328 g/mol. The Balaban J connectivity index is 1.51. The Morgan fingerprint density at radius 1 is 1.23 bits per heavy atom. The van der Waals surface area contributed by atoms with Gasteiger partial charge in [-0.05, 0) is 25.9 Å². The van der Waals surface area contributed by atoms with Gasteiger partial charge in [-0.2, -0.15) is 10.5 Å². The molecule has 138 valence electrons. The number of rotatable bonds is 7. The van der Waals surface area contributed by atoms with Crippen molar-refractivity contribution in [1.29, 1.82) is 10.5 Å². The summed E-state index contributed by atoms with van der Waals surface area (Å²) in [4.78, 5) is 10.9. The molecule has 0 amide bonds. The lowest BCUT2D eigenvalue weighted by Crippen LogP contribution is -2.38. The van der Waals surface area contributed by atoms with Crippen molar-refractivity contribution in [2.45, 2.75) is 25.8 Å². The molecule has 1 aromatic heterocycles. The van der Waals surface area contributed by atoms with E-state index < -0.39 is 5.92 Å². The highest BCUT2D eigenvalue weighted by atomic mass is 16.3. The van der Waals surface area contributed by atoms with Crippen LogP contribution < -0.4 is 4.90 Å². The summed E-state index contributed by atoms with van der Waals surface area (Å²) in [5, 5.41) is 18.2. The minimum atomic E-state index is -0.775. The fraction of sp³-hybridized carbons (Fsp3) is 0.632. The Kier molecular flexibility index (Phi) is 6.14. The quantitative estimate of drug-likeness (QED) is 0.745. The lowest BCUT2D eigenvalue weighted by Gasteiger charge is -2.25. The van der Waals surface area contributed by atoms with Crippen molar-refractivity contribution in [2.24, 2.45) is 10.9 Å². The average molecular weight is 354 g/mol. The molecule has 0 saturated carbocycles. The molecule has 2 aliphatic heterocycles. The fourth-order valence-electron chi connectivity index (χ4n) is 3.55. The normalized spacial score (nSPS) is 17.8. The molecule has 0 aromatic carbocycles. The lowest BCUT2D eigenvalue weighted by atomic mass is 10.1. The van der Waals surface area contributed by atoms with Crippen molar-refractivity contribution in [3.05, 3.63) is 17.9 Å². The number of likely N-dealkylation sites (N-methyl/N-ethyl adjacent to an activating group) is 1. The van der Waals surface area contributed by atoms with Crippen molar-refractivity contribution in [3.8, 4) is 12.1 Å². The third-order valence-corrected chi connectivity index (χ3v) is 5.06. The van der Waals surface area contributed by atoms with E-state index in [1.165, 1.54) is 37.9 Å². The van der Waals surface area contributed by atoms with Gasteiger partial charge in [-0.1, -0.05) is 6.42 Å². The molecular formula is C19H26N6O. The molecule has 3 rings (SSSR count). The van der Waals surface area contributed by atoms with Crippen LogP contribution in [-0.4, -0.2) is 62.0 Å². The van der Waals surface area contributed by atoms with Crippen LogP contribution in [0.1, 0.15) is 24.8 Å². The monoisotopic (exact) mass is 354 g/mol. The zero-order valence-corrected chi connectivity index (χ0v) is 15.4. The van der Waals surface area contributed by atoms with E-state index in [0.29, 0.717) is 12.4 Å². The summed E-state index contributed by atoms with van der Waals surface area (Å²) < 4.78 is 5.75. The maximum Gasteiger partial charge on any atom is 0.195 e. The smallest absolute Gasteiger partial charge is 0.195 e. The maximum absolute atomic E-state index is 9.09. The number of amidine groups is 1. The zero-order chi connectivity index (χ0) is 18.4. The summed E-state index contributed by atoms with van der Waals surface area (Å²) in [6, 6.07) is 6.14. The SMILES string of the molecule is CN(CCN1CCN=C1C(C#N)C#N)c1cc(CN2CCCCC2)co1. The highest BCUT2D eigenvalue weighted by Gasteiger charge is 2.25. The number of hydrogen-bond donors (Lipinski definition) is 0. The highest BCUT2D eigenvalue weighted by Crippen LogP contribution is 2.20. The zero-order valence-electron chi connectivity index (χ0n) is 15.4. The second-order valence-corrected chi connectivity index (χ2v) is 6.97. The van der Waals surface area contributed by atoms with Crippen LogP contribution in [0, 0.1) is 28.6 Å². The molecule has 0 atom stereocenters. The average Bonchev–Trinajstić information content (AvgIpc) is 3.32. The first-order chi connectivity index (χ1) is 12.7. The predicted molar refractivity (Wildman–Crippen MR) is 99.7 cm³/mol. The number of furan rings is 1. The van der Waals surface area contributed by atoms with Gasteiger partial charge in [0.2, 0.25) is 0 Å². The summed E-state index contributed by atoms with van der Waals surface area (Å²) in [5.41, 5.74) is 1.21. The molecule has 0 unspecified atom stereocenters. The largest absolute Gasteiger partial charge is 0.448 e. The number of nitriles is 2. The van der Waals surface area contributed by atoms with Gasteiger partial charge in [0.25, 0.3) is 0 Å². The molecule has 7 nitrogen and oxygen atoms in total. The molecule has 0 aliphatic carbocycles. The standard InChI is InChI=1S/C19H26N6O/c1-23(9-10-25-8-5-22-19(25)17(12-20)13-21)18-11-16(15-26-18)14-24-6-3-2-4-7-24/h11,15,17H,2-10,14H2,1H3. The Hall–Kier alpha value is -2.51. The molecule has 7 heteroatoms. The van der Waals surface area contributed by atoms with Crippen LogP contribution in [0.25, 0.3) is 0 Å². The molecule has 1 aromatic rings. The molecule has 0 bridgehead atoms. The molecule has 1 fully saturated rings. The summed E-state index contributed by atoms with van der Waals surface area (Å²) >= 11 is 0. The van der Waals surface area contributed by atoms with Crippen LogP contribution in [-0.2, 0) is 6.54 Å². The number of aliphatic imine (C=N–C) groups is 1. The van der Waals surface area contributed by atoms with Gasteiger partial charge in [0.15, 0.2) is 11.8 Å². The van der Waals surface area contributed by atoms with E-state index in [1.807, 2.05) is 30.3 Å². The van der Waals surface area contributed by atoms with Gasteiger partial charge in [-0.3, -0.25) is 9.89 Å². The number of likely N-dealkylation sites (tertiary alicyclic amines) is 1. The molecule has 1 saturated heterocycles. The molecule has 2 aliphatic rings. The number of piperidine rings is 1. The third-order valence-electron chi connectivity index (χ3n) is 5.06. The summed E-state index contributed by atoms with van der Waals surface area (Å²) in [6.45, 7) is 6.18. The van der Waals surface area contributed by atoms with Crippen LogP contribution in [0.15, 0.2) is 21.7 Å². The summed E-state index contributed by atoms with van der Waals surface area (Å²) in [6.07, 6.45) is 5.77. The van der Waals surface area contributed by atoms with E-state index in [4.69, 9.17) is 14.9 Å². The van der Waals surface area contributed by atoms with Crippen molar-refractivity contribution >= 4 is 11.7 Å². The van der Waals surface area contributed by atoms with Crippen molar-refractivity contribution in [2.75, 3.05) is 51.2 Å². The van der Waals surface area contributed by atoms with Crippen molar-refractivity contribution < 1.29 is 4.42 Å². The van der Waals surface area contributed by atoms with Crippen LogP contribution in [0.4, 0.5) is 5.88 Å². The molecule has 0 N–H and O–H groups in total. The predicted octanol–water partition coefficient (Wildman–Crippen LogP) is 2.08. The van der Waals surface area contributed by atoms with Gasteiger partial charge < -0.3 is 14.2 Å². The Morgan fingerprint density at radius 3 is 2.73 bits per heavy atom. The van der Waals surface area contributed by atoms with Gasteiger partial charge in [0.05, 0.1) is 24.9 Å². The minimum Gasteiger partial charge on any atom is -0.448 e. The van der Waals surface area contributed by atoms with Gasteiger partial charge in [-0.25, -0.2) is 0 Å². The van der Waals surface area contributed by atoms with Crippen LogP contribution >= 0.6 is 0 Å². The molecule has 26 heavy (non-hydrogen) atoms. The van der Waals surface area contributed by atoms with Crippen LogP contribution in [0.3, 0.4) is 0 Å². The Labute approximate surface area is 155 Å². The third kappa shape index (κ3) is 4.36. The Morgan fingerprint density at radius 2 is 2.00 bits per heavy atom. The lowest BCUT2D eigenvalue weighted by molar-refractivity contribution is 0.220. The first-order valence-corrected chi connectivity index (χ1v) is 9.30. The topological polar surface area (TPSA) is 82.8 Å². The van der Waals surface area contributed by atoms with Crippen LogP contribution in [0.2, 0.25) is 0 Å². The number of anilines is 1. The fourth-order valence-corrected chi connectivity index (χ4v) is 3.55. The first kappa shape index (κ1) is 18.3. The minimum absolute atomic E-state index is 0.605. The summed E-state index contributed by atoms with van der Waals surface area (Å²) in [7, 11) is 2.00. The van der Waals surface area contributed by atoms with Crippen molar-refractivity contribution in [1.82, 2.24) is 9.80 Å². The van der Waals surface area contributed by atoms with E-state index in [-0.39, 0.29) is 0 Å². The summed E-state index contributed by atoms with van der Waals surface area (Å²) in [5.74, 6) is 0.683. The maximum atomic E-state index is 9.09. The number of nitrogens with zero attached hydrogens (tertiary/aromatic N) is 6. The first-order valence-electron chi connectivity index (χ1n) is 9.30. The van der Waals surface area contributed by atoms with Gasteiger partial charge in [-0.15, -0.1) is 0 Å². The van der Waals surface area contributed by atoms with E-state index in [9.17, 15) is 0 Å². The van der Waals surface area contributed by atoms with Gasteiger partial charge >= 0.3 is 0 Å². The van der Waals surface area contributed by atoms with Gasteiger partial charge in [0, 0.05) is 44.9 Å². The molecule has 3 heterocycles. The van der Waals surface area contributed by atoms with E-state index in [2.05, 4.69) is 20.9 Å². The number of hydrogen-bond acceptors (Lipinski definition) is 7. The Bertz CT molecular complexity index is 692. The second kappa shape index (κ2) is 8.73.